The summed E-state index contributed by atoms with van der Waals surface area (Å²) in [7, 11) is 1.45. The Labute approximate surface area is 174 Å². The number of aryl methyl sites for hydroxylation is 2. The Morgan fingerprint density at radius 2 is 2.00 bits per heavy atom. The van der Waals surface area contributed by atoms with Crippen molar-refractivity contribution in [3.8, 4) is 28.7 Å². The summed E-state index contributed by atoms with van der Waals surface area (Å²) < 4.78 is 10.9. The predicted molar refractivity (Wildman–Crippen MR) is 113 cm³/mol. The Morgan fingerprint density at radius 1 is 1.20 bits per heavy atom. The fourth-order valence-electron chi connectivity index (χ4n) is 3.89. The van der Waals surface area contributed by atoms with E-state index in [9.17, 15) is 14.9 Å². The van der Waals surface area contributed by atoms with Gasteiger partial charge in [-0.15, -0.1) is 11.3 Å². The summed E-state index contributed by atoms with van der Waals surface area (Å²) in [5.41, 5.74) is 1.14. The molecule has 1 N–H and O–H groups in total. The van der Waals surface area contributed by atoms with Gasteiger partial charge in [0.05, 0.1) is 29.0 Å². The molecule has 0 unspecified atom stereocenters. The molecule has 30 heavy (non-hydrogen) atoms. The number of nitro benzene ring substituents is 1. The molecule has 0 saturated carbocycles. The van der Waals surface area contributed by atoms with Crippen LogP contribution in [-0.2, 0) is 12.8 Å². The number of ether oxygens (including phenoxy) is 1. The SMILES string of the molecule is COc1ccc(-c2ccc(-c3nc4sc5c(c4c(=O)[nH]3)CCCC5)o2)c([N+](=O)[O-])c1. The molecule has 152 valence electrons. The Kier molecular flexibility index (Phi) is 4.39. The number of fused-ring (bicyclic) bond motifs is 3. The lowest BCUT2D eigenvalue weighted by Gasteiger charge is -2.09. The summed E-state index contributed by atoms with van der Waals surface area (Å²) in [6, 6.07) is 7.84. The quantitative estimate of drug-likeness (QED) is 0.376. The lowest BCUT2D eigenvalue weighted by molar-refractivity contribution is -0.384. The molecule has 0 atom stereocenters. The third-order valence-electron chi connectivity index (χ3n) is 5.33. The van der Waals surface area contributed by atoms with Gasteiger partial charge in [0.25, 0.3) is 11.2 Å². The van der Waals surface area contributed by atoms with Crippen LogP contribution < -0.4 is 10.3 Å². The fourth-order valence-corrected chi connectivity index (χ4v) is 5.15. The molecule has 0 radical (unpaired) electrons. The Hall–Kier alpha value is -3.46. The highest BCUT2D eigenvalue weighted by Gasteiger charge is 2.22. The summed E-state index contributed by atoms with van der Waals surface area (Å²) in [5, 5.41) is 12.2. The lowest BCUT2D eigenvalue weighted by atomic mass is 9.97. The second-order valence-corrected chi connectivity index (χ2v) is 8.19. The van der Waals surface area contributed by atoms with Crippen LogP contribution in [0.2, 0.25) is 0 Å². The van der Waals surface area contributed by atoms with Gasteiger partial charge in [-0.1, -0.05) is 0 Å². The number of methoxy groups -OCH3 is 1. The van der Waals surface area contributed by atoms with Crippen LogP contribution in [0.15, 0.2) is 39.5 Å². The van der Waals surface area contributed by atoms with Gasteiger partial charge in [0.15, 0.2) is 11.6 Å². The number of aromatic amines is 1. The highest BCUT2D eigenvalue weighted by Crippen LogP contribution is 2.37. The number of thiophene rings is 1. The molecule has 0 fully saturated rings. The summed E-state index contributed by atoms with van der Waals surface area (Å²) in [6.07, 6.45) is 4.11. The third-order valence-corrected chi connectivity index (χ3v) is 6.52. The minimum absolute atomic E-state index is 0.127. The van der Waals surface area contributed by atoms with Crippen LogP contribution in [0.4, 0.5) is 5.69 Å². The van der Waals surface area contributed by atoms with Gasteiger partial charge in [0.2, 0.25) is 0 Å². The molecule has 3 aromatic heterocycles. The van der Waals surface area contributed by atoms with E-state index in [1.54, 1.807) is 35.6 Å². The molecule has 0 aliphatic heterocycles. The second-order valence-electron chi connectivity index (χ2n) is 7.11. The second kappa shape index (κ2) is 7.10. The van der Waals surface area contributed by atoms with Crippen molar-refractivity contribution in [3.05, 3.63) is 61.2 Å². The van der Waals surface area contributed by atoms with Gasteiger partial charge >= 0.3 is 0 Å². The molecule has 0 saturated heterocycles. The molecule has 0 bridgehead atoms. The number of nitrogens with zero attached hydrogens (tertiary/aromatic N) is 2. The third kappa shape index (κ3) is 2.98. The van der Waals surface area contributed by atoms with Crippen LogP contribution in [0.5, 0.6) is 5.75 Å². The minimum atomic E-state index is -0.484. The van der Waals surface area contributed by atoms with Gasteiger partial charge in [-0.25, -0.2) is 4.98 Å². The van der Waals surface area contributed by atoms with Crippen LogP contribution in [-0.4, -0.2) is 22.0 Å². The van der Waals surface area contributed by atoms with Crippen LogP contribution in [0, 0.1) is 10.1 Å². The average Bonchev–Trinajstić information content (AvgIpc) is 3.38. The van der Waals surface area contributed by atoms with Crippen molar-refractivity contribution >= 4 is 27.2 Å². The van der Waals surface area contributed by atoms with E-state index in [1.165, 1.54) is 18.1 Å². The maximum Gasteiger partial charge on any atom is 0.284 e. The fraction of sp³-hybridized carbons (Fsp3) is 0.238. The van der Waals surface area contributed by atoms with E-state index in [0.29, 0.717) is 38.9 Å². The molecule has 0 amide bonds. The standard InChI is InChI=1S/C21H17N3O5S/c1-28-11-6-7-12(14(10-11)24(26)27)15-8-9-16(29-15)19-22-20(25)18-13-4-2-3-5-17(13)30-21(18)23-19/h6-10H,2-5H2,1H3,(H,22,23,25). The van der Waals surface area contributed by atoms with E-state index in [2.05, 4.69) is 9.97 Å². The van der Waals surface area contributed by atoms with E-state index in [0.717, 1.165) is 31.2 Å². The number of rotatable bonds is 4. The zero-order valence-electron chi connectivity index (χ0n) is 16.1. The van der Waals surface area contributed by atoms with E-state index < -0.39 is 4.92 Å². The molecule has 1 aliphatic rings. The van der Waals surface area contributed by atoms with Gasteiger partial charge in [0, 0.05) is 4.88 Å². The van der Waals surface area contributed by atoms with Crippen molar-refractivity contribution in [2.45, 2.75) is 25.7 Å². The molecular weight excluding hydrogens is 406 g/mol. The smallest absolute Gasteiger partial charge is 0.284 e. The van der Waals surface area contributed by atoms with Crippen molar-refractivity contribution < 1.29 is 14.1 Å². The van der Waals surface area contributed by atoms with Crippen LogP contribution >= 0.6 is 11.3 Å². The number of benzene rings is 1. The van der Waals surface area contributed by atoms with Gasteiger partial charge in [-0.2, -0.15) is 0 Å². The highest BCUT2D eigenvalue weighted by atomic mass is 32.1. The molecule has 4 aromatic rings. The number of nitrogens with one attached hydrogen (secondary N) is 1. The molecule has 0 spiro atoms. The first-order chi connectivity index (χ1) is 14.5. The largest absolute Gasteiger partial charge is 0.497 e. The normalized spacial score (nSPS) is 13.4. The van der Waals surface area contributed by atoms with Gasteiger partial charge in [-0.3, -0.25) is 14.9 Å². The van der Waals surface area contributed by atoms with E-state index in [1.807, 2.05) is 0 Å². The summed E-state index contributed by atoms with van der Waals surface area (Å²) >= 11 is 1.56. The number of H-pyrrole nitrogens is 1. The van der Waals surface area contributed by atoms with Crippen LogP contribution in [0.3, 0.4) is 0 Å². The van der Waals surface area contributed by atoms with E-state index in [4.69, 9.17) is 9.15 Å². The molecule has 9 heteroatoms. The number of hydrogen-bond donors (Lipinski definition) is 1. The van der Waals surface area contributed by atoms with Crippen molar-refractivity contribution in [1.29, 1.82) is 0 Å². The zero-order valence-corrected chi connectivity index (χ0v) is 16.9. The Bertz CT molecular complexity index is 1350. The highest BCUT2D eigenvalue weighted by molar-refractivity contribution is 7.18. The van der Waals surface area contributed by atoms with Gasteiger partial charge in [0.1, 0.15) is 16.3 Å². The maximum atomic E-state index is 12.8. The lowest BCUT2D eigenvalue weighted by Crippen LogP contribution is -2.11. The van der Waals surface area contributed by atoms with E-state index in [-0.39, 0.29) is 11.2 Å². The van der Waals surface area contributed by atoms with Gasteiger partial charge in [-0.05, 0) is 55.5 Å². The summed E-state index contributed by atoms with van der Waals surface area (Å²) in [4.78, 5) is 33.1. The summed E-state index contributed by atoms with van der Waals surface area (Å²) in [6.45, 7) is 0. The molecular formula is C21H17N3O5S. The van der Waals surface area contributed by atoms with E-state index >= 15 is 0 Å². The van der Waals surface area contributed by atoms with Crippen molar-refractivity contribution in [1.82, 2.24) is 9.97 Å². The van der Waals surface area contributed by atoms with Crippen LogP contribution in [0.1, 0.15) is 23.3 Å². The number of hydrogen-bond acceptors (Lipinski definition) is 7. The topological polar surface area (TPSA) is 111 Å². The first-order valence-electron chi connectivity index (χ1n) is 9.52. The van der Waals surface area contributed by atoms with Crippen molar-refractivity contribution in [2.24, 2.45) is 0 Å². The first-order valence-corrected chi connectivity index (χ1v) is 10.3. The molecule has 5 rings (SSSR count). The summed E-state index contributed by atoms with van der Waals surface area (Å²) in [5.74, 6) is 1.36. The molecule has 1 aliphatic carbocycles. The van der Waals surface area contributed by atoms with Crippen molar-refractivity contribution in [2.75, 3.05) is 7.11 Å². The Morgan fingerprint density at radius 3 is 2.80 bits per heavy atom. The molecule has 1 aromatic carbocycles. The van der Waals surface area contributed by atoms with Gasteiger partial charge < -0.3 is 14.1 Å². The average molecular weight is 423 g/mol. The number of furan rings is 1. The molecule has 3 heterocycles. The first kappa shape index (κ1) is 18.6. The molecule has 8 nitrogen and oxygen atoms in total. The Balaban J connectivity index is 1.59. The monoisotopic (exact) mass is 423 g/mol. The number of aromatic nitrogens is 2. The maximum absolute atomic E-state index is 12.8. The zero-order chi connectivity index (χ0) is 20.8. The van der Waals surface area contributed by atoms with Crippen LogP contribution in [0.25, 0.3) is 33.1 Å². The minimum Gasteiger partial charge on any atom is -0.497 e. The van der Waals surface area contributed by atoms with Crippen molar-refractivity contribution in [3.63, 3.8) is 0 Å². The predicted octanol–water partition coefficient (Wildman–Crippen LogP) is 4.71. The number of nitro groups is 1.